The number of hydrogen-bond acceptors (Lipinski definition) is 3. The number of aliphatic imine (C=N–C) groups is 1. The maximum Gasteiger partial charge on any atom is 0.263 e. The second-order valence-corrected chi connectivity index (χ2v) is 5.92. The van der Waals surface area contributed by atoms with Gasteiger partial charge in [-0.3, -0.25) is 4.72 Å². The quantitative estimate of drug-likeness (QED) is 0.758. The van der Waals surface area contributed by atoms with Gasteiger partial charge in [0.15, 0.2) is 0 Å². The van der Waals surface area contributed by atoms with Crippen molar-refractivity contribution in [2.45, 2.75) is 24.3 Å². The first-order valence-corrected chi connectivity index (χ1v) is 6.54. The van der Waals surface area contributed by atoms with Crippen molar-refractivity contribution in [1.29, 1.82) is 0 Å². The van der Waals surface area contributed by atoms with Gasteiger partial charge in [0.05, 0.1) is 4.90 Å². The topological polar surface area (TPSA) is 58.5 Å². The third-order valence-electron chi connectivity index (χ3n) is 2.41. The van der Waals surface area contributed by atoms with E-state index in [0.29, 0.717) is 11.4 Å². The number of benzene rings is 1. The summed E-state index contributed by atoms with van der Waals surface area (Å²) < 4.78 is 26.0. The number of hydrogen-bond donors (Lipinski definition) is 1. The smallest absolute Gasteiger partial charge is 0.263 e. The first-order chi connectivity index (χ1) is 7.86. The summed E-state index contributed by atoms with van der Waals surface area (Å²) in [5, 5.41) is 0. The van der Waals surface area contributed by atoms with E-state index >= 15 is 0 Å². The molecule has 1 aromatic carbocycles. The van der Waals surface area contributed by atoms with Gasteiger partial charge in [0.2, 0.25) is 0 Å². The maximum absolute atomic E-state index is 11.8. The lowest BCUT2D eigenvalue weighted by atomic mass is 10.1. The number of nitrogens with zero attached hydrogens (tertiary/aromatic N) is 1. The van der Waals surface area contributed by atoms with Crippen LogP contribution in [0.5, 0.6) is 0 Å². The molecule has 0 atom stereocenters. The van der Waals surface area contributed by atoms with Crippen LogP contribution < -0.4 is 4.72 Å². The van der Waals surface area contributed by atoms with Crippen molar-refractivity contribution >= 4 is 15.9 Å². The van der Waals surface area contributed by atoms with Crippen LogP contribution >= 0.6 is 0 Å². The van der Waals surface area contributed by atoms with Crippen molar-refractivity contribution in [3.05, 3.63) is 29.8 Å². The van der Waals surface area contributed by atoms with Crippen molar-refractivity contribution < 1.29 is 8.42 Å². The number of nitrogens with one attached hydrogen (secondary N) is 1. The molecule has 0 aromatic heterocycles. The van der Waals surface area contributed by atoms with E-state index in [9.17, 15) is 8.42 Å². The molecule has 0 saturated carbocycles. The highest BCUT2D eigenvalue weighted by Gasteiger charge is 2.31. The zero-order chi connectivity index (χ0) is 12.7. The molecule has 1 heterocycles. The first kappa shape index (κ1) is 11.7. The van der Waals surface area contributed by atoms with Crippen LogP contribution in [0.25, 0.3) is 0 Å². The minimum absolute atomic E-state index is 0.242. The molecule has 1 aliphatic rings. The Morgan fingerprint density at radius 1 is 1.35 bits per heavy atom. The predicted molar refractivity (Wildman–Crippen MR) is 66.2 cm³/mol. The van der Waals surface area contributed by atoms with Crippen LogP contribution in [0, 0.1) is 12.3 Å². The van der Waals surface area contributed by atoms with Crippen molar-refractivity contribution in [2.24, 2.45) is 4.99 Å². The van der Waals surface area contributed by atoms with E-state index in [1.807, 2.05) is 0 Å². The highest BCUT2D eigenvalue weighted by atomic mass is 32.2. The van der Waals surface area contributed by atoms with Gasteiger partial charge in [-0.2, -0.15) is 0 Å². The number of rotatable bonds is 1. The second kappa shape index (κ2) is 3.60. The molecule has 88 valence electrons. The zero-order valence-electron chi connectivity index (χ0n) is 9.56. The van der Waals surface area contributed by atoms with E-state index in [1.54, 1.807) is 38.1 Å². The molecule has 0 amide bonds. The lowest BCUT2D eigenvalue weighted by Gasteiger charge is -2.12. The fourth-order valence-corrected chi connectivity index (χ4v) is 2.76. The van der Waals surface area contributed by atoms with Gasteiger partial charge < -0.3 is 0 Å². The van der Waals surface area contributed by atoms with Gasteiger partial charge >= 0.3 is 0 Å². The van der Waals surface area contributed by atoms with Crippen LogP contribution in [-0.2, 0) is 10.0 Å². The Kier molecular flexibility index (Phi) is 2.48. The van der Waals surface area contributed by atoms with Crippen LogP contribution in [0.4, 0.5) is 0 Å². The Labute approximate surface area is 101 Å². The van der Waals surface area contributed by atoms with Gasteiger partial charge in [0.1, 0.15) is 11.4 Å². The van der Waals surface area contributed by atoms with Gasteiger partial charge in [-0.05, 0) is 26.0 Å². The maximum atomic E-state index is 11.8. The van der Waals surface area contributed by atoms with Crippen molar-refractivity contribution in [3.63, 3.8) is 0 Å². The Bertz CT molecular complexity index is 637. The van der Waals surface area contributed by atoms with Crippen molar-refractivity contribution in [1.82, 2.24) is 4.72 Å². The van der Waals surface area contributed by atoms with E-state index in [2.05, 4.69) is 15.6 Å². The van der Waals surface area contributed by atoms with E-state index in [-0.39, 0.29) is 4.90 Å². The summed E-state index contributed by atoms with van der Waals surface area (Å²) in [6.07, 6.45) is 5.34. The number of sulfonamides is 1. The summed E-state index contributed by atoms with van der Waals surface area (Å²) in [6.45, 7) is 3.49. The molecular weight excluding hydrogens is 236 g/mol. The van der Waals surface area contributed by atoms with E-state index in [1.165, 1.54) is 0 Å². The molecule has 1 aromatic rings. The summed E-state index contributed by atoms with van der Waals surface area (Å²) in [5.41, 5.74) is -0.175. The molecule has 0 unspecified atom stereocenters. The summed E-state index contributed by atoms with van der Waals surface area (Å²) in [5.74, 6) is 2.81. The van der Waals surface area contributed by atoms with Crippen LogP contribution in [-0.4, -0.2) is 19.8 Å². The predicted octanol–water partition coefficient (Wildman–Crippen LogP) is 1.14. The fourth-order valence-electron chi connectivity index (χ4n) is 1.53. The summed E-state index contributed by atoms with van der Waals surface area (Å²) >= 11 is 0. The fraction of sp³-hybridized carbons (Fsp3) is 0.250. The van der Waals surface area contributed by atoms with Gasteiger partial charge in [-0.15, -0.1) is 6.42 Å². The van der Waals surface area contributed by atoms with Crippen molar-refractivity contribution in [3.8, 4) is 12.3 Å². The monoisotopic (exact) mass is 248 g/mol. The summed E-state index contributed by atoms with van der Waals surface area (Å²) in [4.78, 5) is 4.50. The molecular formula is C12H12N2O2S. The van der Waals surface area contributed by atoms with E-state index in [4.69, 9.17) is 6.42 Å². The van der Waals surface area contributed by atoms with Gasteiger partial charge in [0, 0.05) is 5.56 Å². The Hall–Kier alpha value is -1.80. The van der Waals surface area contributed by atoms with E-state index < -0.39 is 15.6 Å². The highest BCUT2D eigenvalue weighted by Crippen LogP contribution is 2.23. The highest BCUT2D eigenvalue weighted by molar-refractivity contribution is 7.90. The van der Waals surface area contributed by atoms with Crippen molar-refractivity contribution in [2.75, 3.05) is 0 Å². The molecule has 17 heavy (non-hydrogen) atoms. The molecule has 0 saturated heterocycles. The van der Waals surface area contributed by atoms with Crippen LogP contribution in [0.1, 0.15) is 19.4 Å². The van der Waals surface area contributed by atoms with Crippen LogP contribution in [0.3, 0.4) is 0 Å². The lowest BCUT2D eigenvalue weighted by molar-refractivity contribution is 0.594. The molecule has 0 spiro atoms. The average molecular weight is 248 g/mol. The van der Waals surface area contributed by atoms with Crippen LogP contribution in [0.2, 0.25) is 0 Å². The van der Waals surface area contributed by atoms with Gasteiger partial charge in [0.25, 0.3) is 10.0 Å². The molecule has 4 nitrogen and oxygen atoms in total. The zero-order valence-corrected chi connectivity index (χ0v) is 10.4. The Morgan fingerprint density at radius 3 is 2.65 bits per heavy atom. The third-order valence-corrected chi connectivity index (χ3v) is 3.80. The third kappa shape index (κ3) is 2.04. The Morgan fingerprint density at radius 2 is 2.00 bits per heavy atom. The van der Waals surface area contributed by atoms with Gasteiger partial charge in [-0.25, -0.2) is 13.4 Å². The van der Waals surface area contributed by atoms with Gasteiger partial charge in [-0.1, -0.05) is 18.1 Å². The van der Waals surface area contributed by atoms with Crippen LogP contribution in [0.15, 0.2) is 34.2 Å². The standard InChI is InChI=1S/C12H12N2O2S/c1-4-12(2,3)13-11-9-7-5-6-8-10(9)17(15,16)14-11/h1,5-8H,2-3H3,(H,13,14). The molecule has 1 aliphatic heterocycles. The molecule has 0 bridgehead atoms. The largest absolute Gasteiger partial charge is 0.263 e. The average Bonchev–Trinajstić information content (AvgIpc) is 2.51. The van der Waals surface area contributed by atoms with E-state index in [0.717, 1.165) is 0 Å². The molecule has 0 radical (unpaired) electrons. The number of fused-ring (bicyclic) bond motifs is 1. The lowest BCUT2D eigenvalue weighted by Crippen LogP contribution is -2.26. The first-order valence-electron chi connectivity index (χ1n) is 5.05. The second-order valence-electron chi connectivity index (χ2n) is 4.27. The molecule has 2 rings (SSSR count). The Balaban J connectivity index is 2.62. The SMILES string of the molecule is C#CC(C)(C)N=C1NS(=O)(=O)c2ccccc21. The minimum Gasteiger partial charge on any atom is -0.263 e. The molecule has 0 aliphatic carbocycles. The summed E-state index contributed by atoms with van der Waals surface area (Å²) in [7, 11) is -3.48. The molecule has 1 N–H and O–H groups in total. The molecule has 5 heteroatoms. The summed E-state index contributed by atoms with van der Waals surface area (Å²) in [6, 6.07) is 6.69. The molecule has 0 fully saturated rings. The number of amidine groups is 1. The normalized spacial score (nSPS) is 19.5. The number of terminal acetylenes is 1. The minimum atomic E-state index is -3.48.